The summed E-state index contributed by atoms with van der Waals surface area (Å²) >= 11 is 1.42. The van der Waals surface area contributed by atoms with Crippen molar-refractivity contribution in [2.45, 2.75) is 25.4 Å². The van der Waals surface area contributed by atoms with E-state index in [1.165, 1.54) is 11.3 Å². The van der Waals surface area contributed by atoms with E-state index in [2.05, 4.69) is 5.32 Å². The molecule has 0 saturated heterocycles. The van der Waals surface area contributed by atoms with Crippen molar-refractivity contribution in [1.29, 1.82) is 0 Å². The summed E-state index contributed by atoms with van der Waals surface area (Å²) in [6.45, 7) is 1.91. The first-order chi connectivity index (χ1) is 7.99. The van der Waals surface area contributed by atoms with Crippen LogP contribution in [0.2, 0.25) is 0 Å². The summed E-state index contributed by atoms with van der Waals surface area (Å²) in [6.07, 6.45) is 0.0297. The van der Waals surface area contributed by atoms with Crippen LogP contribution in [0.1, 0.15) is 16.7 Å². The van der Waals surface area contributed by atoms with Crippen LogP contribution in [0, 0.1) is 0 Å². The molecule has 0 bridgehead atoms. The summed E-state index contributed by atoms with van der Waals surface area (Å²) in [5, 5.41) is 29.9. The summed E-state index contributed by atoms with van der Waals surface area (Å²) < 4.78 is 0. The molecule has 0 aromatic carbocycles. The van der Waals surface area contributed by atoms with E-state index in [0.29, 0.717) is 6.54 Å². The molecule has 0 aliphatic carbocycles. The number of carboxylic acids is 1. The molecule has 0 unspecified atom stereocenters. The van der Waals surface area contributed by atoms with Crippen LogP contribution in [0.15, 0.2) is 12.1 Å². The van der Waals surface area contributed by atoms with Gasteiger partial charge in [0.1, 0.15) is 0 Å². The highest BCUT2D eigenvalue weighted by Crippen LogP contribution is 2.17. The fraction of sp³-hybridized carbons (Fsp3) is 0.545. The van der Waals surface area contributed by atoms with E-state index in [0.717, 1.165) is 9.75 Å². The van der Waals surface area contributed by atoms with Crippen molar-refractivity contribution in [3.63, 3.8) is 0 Å². The lowest BCUT2D eigenvalue weighted by molar-refractivity contribution is -0.136. The average molecular weight is 259 g/mol. The summed E-state index contributed by atoms with van der Waals surface area (Å²) in [4.78, 5) is 12.3. The number of rotatable bonds is 7. The van der Waals surface area contributed by atoms with Gasteiger partial charge in [0.15, 0.2) is 0 Å². The summed E-state index contributed by atoms with van der Waals surface area (Å²) in [6, 6.07) is 3.64. The topological polar surface area (TPSA) is 89.8 Å². The van der Waals surface area contributed by atoms with Crippen LogP contribution >= 0.6 is 11.3 Å². The molecule has 1 rings (SSSR count). The molecule has 96 valence electrons. The number of aliphatic hydroxyl groups is 2. The van der Waals surface area contributed by atoms with Gasteiger partial charge in [-0.25, -0.2) is 0 Å². The molecule has 0 radical (unpaired) electrons. The predicted molar refractivity (Wildman–Crippen MR) is 65.1 cm³/mol. The molecule has 0 saturated carbocycles. The van der Waals surface area contributed by atoms with E-state index >= 15 is 0 Å². The minimum Gasteiger partial charge on any atom is -0.481 e. The van der Waals surface area contributed by atoms with Gasteiger partial charge in [-0.1, -0.05) is 0 Å². The highest BCUT2D eigenvalue weighted by Gasteiger charge is 2.21. The van der Waals surface area contributed by atoms with Crippen molar-refractivity contribution in [1.82, 2.24) is 5.32 Å². The number of nitrogens with one attached hydrogen (secondary N) is 1. The molecular formula is C11H17NO4S. The van der Waals surface area contributed by atoms with Gasteiger partial charge in [0.25, 0.3) is 0 Å². The van der Waals surface area contributed by atoms with Crippen molar-refractivity contribution >= 4 is 17.3 Å². The maximum absolute atomic E-state index is 10.5. The molecular weight excluding hydrogens is 242 g/mol. The van der Waals surface area contributed by atoms with Crippen LogP contribution in [-0.4, -0.2) is 40.0 Å². The molecule has 6 heteroatoms. The molecule has 4 N–H and O–H groups in total. The third-order valence-corrected chi connectivity index (χ3v) is 3.52. The van der Waals surface area contributed by atoms with Crippen molar-refractivity contribution in [2.24, 2.45) is 0 Å². The Morgan fingerprint density at radius 3 is 2.47 bits per heavy atom. The maximum atomic E-state index is 10.5. The van der Waals surface area contributed by atoms with E-state index in [9.17, 15) is 4.79 Å². The van der Waals surface area contributed by atoms with Gasteiger partial charge in [0.2, 0.25) is 0 Å². The molecule has 0 spiro atoms. The summed E-state index contributed by atoms with van der Waals surface area (Å²) in [7, 11) is 0. The van der Waals surface area contributed by atoms with Crippen molar-refractivity contribution < 1.29 is 20.1 Å². The van der Waals surface area contributed by atoms with Gasteiger partial charge in [0, 0.05) is 16.3 Å². The first kappa shape index (κ1) is 14.1. The fourth-order valence-corrected chi connectivity index (χ4v) is 2.17. The van der Waals surface area contributed by atoms with Crippen LogP contribution in [-0.2, 0) is 17.8 Å². The van der Waals surface area contributed by atoms with Gasteiger partial charge in [-0.2, -0.15) is 0 Å². The Labute approximate surface area is 104 Å². The number of thiophene rings is 1. The Kier molecular flexibility index (Phi) is 5.07. The summed E-state index contributed by atoms with van der Waals surface area (Å²) in [5.74, 6) is -0.845. The highest BCUT2D eigenvalue weighted by molar-refractivity contribution is 7.12. The minimum atomic E-state index is -0.845. The van der Waals surface area contributed by atoms with Crippen LogP contribution < -0.4 is 5.32 Å². The Hall–Kier alpha value is -0.950. The Balaban J connectivity index is 2.52. The zero-order chi connectivity index (χ0) is 12.9. The number of aliphatic carboxylic acids is 1. The van der Waals surface area contributed by atoms with Gasteiger partial charge < -0.3 is 20.6 Å². The number of hydrogen-bond acceptors (Lipinski definition) is 5. The second-order valence-corrected chi connectivity index (χ2v) is 5.42. The Morgan fingerprint density at radius 2 is 1.94 bits per heavy atom. The molecule has 0 aliphatic rings. The Morgan fingerprint density at radius 1 is 1.35 bits per heavy atom. The van der Waals surface area contributed by atoms with E-state index in [1.54, 1.807) is 13.0 Å². The highest BCUT2D eigenvalue weighted by atomic mass is 32.1. The molecule has 1 aromatic rings. The second kappa shape index (κ2) is 6.11. The third-order valence-electron chi connectivity index (χ3n) is 2.43. The zero-order valence-electron chi connectivity index (χ0n) is 9.64. The molecule has 0 fully saturated rings. The fourth-order valence-electron chi connectivity index (χ4n) is 1.22. The van der Waals surface area contributed by atoms with Crippen molar-refractivity contribution in [3.8, 4) is 0 Å². The molecule has 1 heterocycles. The van der Waals surface area contributed by atoms with Gasteiger partial charge >= 0.3 is 5.97 Å². The minimum absolute atomic E-state index is 0.0297. The summed E-state index contributed by atoms with van der Waals surface area (Å²) in [5.41, 5.74) is -0.711. The van der Waals surface area contributed by atoms with Crippen LogP contribution in [0.4, 0.5) is 0 Å². The van der Waals surface area contributed by atoms with E-state index in [1.807, 2.05) is 6.07 Å². The standard InChI is InChI=1S/C11H17NO4S/c1-11(6-13,7-14)12-5-9-3-2-8(17-9)4-10(15)16/h2-3,12-14H,4-7H2,1H3,(H,15,16). The van der Waals surface area contributed by atoms with Crippen LogP contribution in [0.3, 0.4) is 0 Å². The van der Waals surface area contributed by atoms with Crippen molar-refractivity contribution in [3.05, 3.63) is 21.9 Å². The van der Waals surface area contributed by atoms with Gasteiger partial charge in [-0.3, -0.25) is 4.79 Å². The van der Waals surface area contributed by atoms with E-state index < -0.39 is 11.5 Å². The maximum Gasteiger partial charge on any atom is 0.308 e. The lowest BCUT2D eigenvalue weighted by Crippen LogP contribution is -2.48. The molecule has 17 heavy (non-hydrogen) atoms. The normalized spacial score (nSPS) is 11.7. The van der Waals surface area contributed by atoms with Gasteiger partial charge in [-0.15, -0.1) is 11.3 Å². The van der Waals surface area contributed by atoms with E-state index in [-0.39, 0.29) is 19.6 Å². The van der Waals surface area contributed by atoms with E-state index in [4.69, 9.17) is 15.3 Å². The smallest absolute Gasteiger partial charge is 0.308 e. The first-order valence-corrected chi connectivity index (χ1v) is 6.07. The van der Waals surface area contributed by atoms with Crippen LogP contribution in [0.5, 0.6) is 0 Å². The zero-order valence-corrected chi connectivity index (χ0v) is 10.5. The monoisotopic (exact) mass is 259 g/mol. The van der Waals surface area contributed by atoms with Gasteiger partial charge in [-0.05, 0) is 19.1 Å². The first-order valence-electron chi connectivity index (χ1n) is 5.25. The second-order valence-electron chi connectivity index (χ2n) is 4.17. The van der Waals surface area contributed by atoms with Gasteiger partial charge in [0.05, 0.1) is 25.2 Å². The van der Waals surface area contributed by atoms with Crippen molar-refractivity contribution in [2.75, 3.05) is 13.2 Å². The molecule has 0 atom stereocenters. The predicted octanol–water partition coefficient (Wildman–Crippen LogP) is 0.208. The number of carboxylic acid groups (broad SMARTS) is 1. The third kappa shape index (κ3) is 4.43. The van der Waals surface area contributed by atoms with Crippen LogP contribution in [0.25, 0.3) is 0 Å². The lowest BCUT2D eigenvalue weighted by atomic mass is 10.1. The molecule has 0 aliphatic heterocycles. The largest absolute Gasteiger partial charge is 0.481 e. The number of hydrogen-bond donors (Lipinski definition) is 4. The quantitative estimate of drug-likeness (QED) is 0.562. The molecule has 5 nitrogen and oxygen atoms in total. The molecule has 0 amide bonds. The SMILES string of the molecule is CC(CO)(CO)NCc1ccc(CC(=O)O)s1. The Bertz CT molecular complexity index is 373. The number of carbonyl (C=O) groups is 1. The average Bonchev–Trinajstić information content (AvgIpc) is 2.73. The molecule has 1 aromatic heterocycles. The number of aliphatic hydroxyl groups excluding tert-OH is 2. The lowest BCUT2D eigenvalue weighted by Gasteiger charge is -2.25.